The predicted molar refractivity (Wildman–Crippen MR) is 113 cm³/mol. The minimum Gasteiger partial charge on any atom is -0.351 e. The normalized spacial score (nSPS) is 15.0. The Hall–Kier alpha value is -2.30. The Morgan fingerprint density at radius 2 is 1.79 bits per heavy atom. The molecule has 0 saturated carbocycles. The number of aliphatic imine (C=N–C) groups is 1. The second-order valence-electron chi connectivity index (χ2n) is 6.31. The zero-order valence-electron chi connectivity index (χ0n) is 14.8. The number of hydrogen-bond acceptors (Lipinski definition) is 6. The fourth-order valence-corrected chi connectivity index (χ4v) is 6.56. The fraction of sp³-hybridized carbons (Fsp3) is 0.167. The number of benzene rings is 2. The first-order valence-corrected chi connectivity index (χ1v) is 12.7. The van der Waals surface area contributed by atoms with Crippen LogP contribution in [-0.4, -0.2) is 45.4 Å². The molecule has 28 heavy (non-hydrogen) atoms. The van der Waals surface area contributed by atoms with Crippen molar-refractivity contribution in [3.8, 4) is 0 Å². The molecule has 7 nitrogen and oxygen atoms in total. The van der Waals surface area contributed by atoms with E-state index in [1.54, 1.807) is 23.9 Å². The monoisotopic (exact) mass is 435 g/mol. The van der Waals surface area contributed by atoms with Gasteiger partial charge in [-0.2, -0.15) is 0 Å². The van der Waals surface area contributed by atoms with E-state index in [9.17, 15) is 16.8 Å². The number of anilines is 1. The second kappa shape index (κ2) is 6.94. The highest BCUT2D eigenvalue weighted by Crippen LogP contribution is 2.30. The number of sulfonamides is 1. The van der Waals surface area contributed by atoms with Gasteiger partial charge in [-0.25, -0.2) is 16.8 Å². The Morgan fingerprint density at radius 1 is 1.04 bits per heavy atom. The maximum absolute atomic E-state index is 13.0. The molecule has 0 radical (unpaired) electrons. The van der Waals surface area contributed by atoms with Crippen LogP contribution in [0.15, 0.2) is 63.3 Å². The van der Waals surface area contributed by atoms with Gasteiger partial charge in [-0.1, -0.05) is 24.3 Å². The lowest BCUT2D eigenvalue weighted by Crippen LogP contribution is -2.16. The van der Waals surface area contributed by atoms with E-state index in [1.807, 2.05) is 12.1 Å². The SMILES string of the molecule is CS(=O)(=O)c1ccccc1S(=O)(=O)Nc1cccc2cc(C3=NCCS3)[nH]c12. The lowest BCUT2D eigenvalue weighted by Gasteiger charge is -2.12. The molecule has 0 atom stereocenters. The highest BCUT2D eigenvalue weighted by Gasteiger charge is 2.24. The van der Waals surface area contributed by atoms with Crippen molar-refractivity contribution in [2.75, 3.05) is 23.3 Å². The summed E-state index contributed by atoms with van der Waals surface area (Å²) in [7, 11) is -7.82. The Labute approximate surface area is 167 Å². The molecule has 0 bridgehead atoms. The zero-order valence-corrected chi connectivity index (χ0v) is 17.3. The molecule has 2 heterocycles. The summed E-state index contributed by atoms with van der Waals surface area (Å²) < 4.78 is 52.4. The van der Waals surface area contributed by atoms with Crippen LogP contribution in [-0.2, 0) is 19.9 Å². The van der Waals surface area contributed by atoms with Crippen molar-refractivity contribution in [3.05, 3.63) is 54.2 Å². The van der Waals surface area contributed by atoms with Gasteiger partial charge in [0, 0.05) is 23.9 Å². The molecule has 0 saturated heterocycles. The molecule has 0 amide bonds. The van der Waals surface area contributed by atoms with Crippen molar-refractivity contribution in [3.63, 3.8) is 0 Å². The van der Waals surface area contributed by atoms with Gasteiger partial charge < -0.3 is 4.98 Å². The molecule has 1 aliphatic rings. The van der Waals surface area contributed by atoms with E-state index >= 15 is 0 Å². The van der Waals surface area contributed by atoms with Gasteiger partial charge >= 0.3 is 0 Å². The molecular weight excluding hydrogens is 418 g/mol. The third-order valence-corrected chi connectivity index (χ3v) is 7.97. The zero-order chi connectivity index (χ0) is 19.9. The smallest absolute Gasteiger partial charge is 0.263 e. The van der Waals surface area contributed by atoms with E-state index < -0.39 is 19.9 Å². The summed E-state index contributed by atoms with van der Waals surface area (Å²) in [4.78, 5) is 7.14. The Balaban J connectivity index is 1.78. The molecule has 2 N–H and O–H groups in total. The summed E-state index contributed by atoms with van der Waals surface area (Å²) in [6.07, 6.45) is 0.985. The van der Waals surface area contributed by atoms with Crippen molar-refractivity contribution in [1.82, 2.24) is 4.98 Å². The molecule has 1 aliphatic heterocycles. The standard InChI is InChI=1S/C18H17N3O4S3/c1-27(22,23)15-7-2-3-8-16(15)28(24,25)21-13-6-4-5-12-11-14(20-17(12)13)18-19-9-10-26-18/h2-8,11,20-21H,9-10H2,1H3. The first-order chi connectivity index (χ1) is 13.3. The van der Waals surface area contributed by atoms with Gasteiger partial charge in [-0.3, -0.25) is 9.71 Å². The molecule has 0 aliphatic carbocycles. The molecule has 0 unspecified atom stereocenters. The van der Waals surface area contributed by atoms with Gasteiger partial charge in [0.25, 0.3) is 10.0 Å². The second-order valence-corrected chi connectivity index (χ2v) is 11.0. The van der Waals surface area contributed by atoms with Gasteiger partial charge in [-0.05, 0) is 24.3 Å². The summed E-state index contributed by atoms with van der Waals surface area (Å²) in [5.74, 6) is 0.923. The van der Waals surface area contributed by atoms with Crippen LogP contribution >= 0.6 is 11.8 Å². The minimum absolute atomic E-state index is 0.237. The van der Waals surface area contributed by atoms with Crippen molar-refractivity contribution in [2.24, 2.45) is 4.99 Å². The van der Waals surface area contributed by atoms with E-state index in [0.29, 0.717) is 11.2 Å². The number of nitrogens with one attached hydrogen (secondary N) is 2. The molecule has 146 valence electrons. The van der Waals surface area contributed by atoms with Crippen molar-refractivity contribution < 1.29 is 16.8 Å². The van der Waals surface area contributed by atoms with Crippen LogP contribution in [0.25, 0.3) is 10.9 Å². The van der Waals surface area contributed by atoms with Gasteiger partial charge in [0.2, 0.25) is 0 Å². The van der Waals surface area contributed by atoms with E-state index in [0.717, 1.165) is 34.7 Å². The lowest BCUT2D eigenvalue weighted by molar-refractivity contribution is 0.588. The molecule has 3 aromatic rings. The van der Waals surface area contributed by atoms with E-state index in [-0.39, 0.29) is 9.79 Å². The molecule has 1 aromatic heterocycles. The van der Waals surface area contributed by atoms with Crippen molar-refractivity contribution in [2.45, 2.75) is 9.79 Å². The predicted octanol–water partition coefficient (Wildman–Crippen LogP) is 2.87. The van der Waals surface area contributed by atoms with Crippen LogP contribution in [0.1, 0.15) is 5.69 Å². The summed E-state index contributed by atoms with van der Waals surface area (Å²) in [6, 6.07) is 12.7. The van der Waals surface area contributed by atoms with Crippen LogP contribution < -0.4 is 4.72 Å². The molecular formula is C18H17N3O4S3. The highest BCUT2D eigenvalue weighted by molar-refractivity contribution is 8.14. The minimum atomic E-state index is -4.11. The van der Waals surface area contributed by atoms with Crippen LogP contribution in [0.4, 0.5) is 5.69 Å². The molecule has 10 heteroatoms. The maximum atomic E-state index is 13.0. The van der Waals surface area contributed by atoms with Crippen LogP contribution in [0.2, 0.25) is 0 Å². The number of fused-ring (bicyclic) bond motifs is 1. The largest absolute Gasteiger partial charge is 0.351 e. The third kappa shape index (κ3) is 3.54. The summed E-state index contributed by atoms with van der Waals surface area (Å²) in [5.41, 5.74) is 1.80. The Bertz CT molecular complexity index is 1310. The molecule has 4 rings (SSSR count). The fourth-order valence-electron chi connectivity index (χ4n) is 3.03. The average molecular weight is 436 g/mol. The van der Waals surface area contributed by atoms with Gasteiger partial charge in [-0.15, -0.1) is 11.8 Å². The number of para-hydroxylation sites is 1. The first kappa shape index (κ1) is 19.0. The maximum Gasteiger partial charge on any atom is 0.263 e. The molecule has 0 spiro atoms. The Morgan fingerprint density at radius 3 is 2.46 bits per heavy atom. The van der Waals surface area contributed by atoms with Crippen LogP contribution in [0, 0.1) is 0 Å². The number of rotatable bonds is 5. The van der Waals surface area contributed by atoms with Crippen LogP contribution in [0.5, 0.6) is 0 Å². The number of hydrogen-bond donors (Lipinski definition) is 2. The van der Waals surface area contributed by atoms with Gasteiger partial charge in [0.1, 0.15) is 9.94 Å². The highest BCUT2D eigenvalue weighted by atomic mass is 32.2. The van der Waals surface area contributed by atoms with Crippen molar-refractivity contribution >= 4 is 53.3 Å². The quantitative estimate of drug-likeness (QED) is 0.641. The lowest BCUT2D eigenvalue weighted by atomic mass is 10.2. The number of sulfone groups is 1. The number of aromatic nitrogens is 1. The number of aromatic amines is 1. The average Bonchev–Trinajstić information content (AvgIpc) is 3.30. The summed E-state index contributed by atoms with van der Waals surface area (Å²) in [6.45, 7) is 0.761. The topological polar surface area (TPSA) is 108 Å². The summed E-state index contributed by atoms with van der Waals surface area (Å²) >= 11 is 1.64. The Kier molecular flexibility index (Phi) is 4.72. The van der Waals surface area contributed by atoms with Gasteiger partial charge in [0.05, 0.1) is 21.8 Å². The van der Waals surface area contributed by atoms with Crippen LogP contribution in [0.3, 0.4) is 0 Å². The first-order valence-electron chi connectivity index (χ1n) is 8.37. The van der Waals surface area contributed by atoms with E-state index in [2.05, 4.69) is 14.7 Å². The molecule has 2 aromatic carbocycles. The van der Waals surface area contributed by atoms with Gasteiger partial charge in [0.15, 0.2) is 9.84 Å². The number of thioether (sulfide) groups is 1. The van der Waals surface area contributed by atoms with E-state index in [4.69, 9.17) is 0 Å². The van der Waals surface area contributed by atoms with Crippen molar-refractivity contribution in [1.29, 1.82) is 0 Å². The number of nitrogens with zero attached hydrogens (tertiary/aromatic N) is 1. The third-order valence-electron chi connectivity index (χ3n) is 4.25. The number of H-pyrrole nitrogens is 1. The summed E-state index contributed by atoms with van der Waals surface area (Å²) in [5, 5.41) is 1.73. The van der Waals surface area contributed by atoms with E-state index in [1.165, 1.54) is 24.3 Å². The molecule has 0 fully saturated rings.